The van der Waals surface area contributed by atoms with Crippen LogP contribution in [-0.2, 0) is 25.5 Å². The number of carbonyl (C=O) groups is 3. The van der Waals surface area contributed by atoms with Crippen LogP contribution in [0.15, 0.2) is 134 Å². The maximum absolute atomic E-state index is 13.8. The van der Waals surface area contributed by atoms with Crippen LogP contribution in [0.2, 0.25) is 5.02 Å². The molecule has 3 fully saturated rings. The summed E-state index contributed by atoms with van der Waals surface area (Å²) in [4.78, 5) is 47.9. The van der Waals surface area contributed by atoms with Gasteiger partial charge in [-0.05, 0) is 235 Å². The van der Waals surface area contributed by atoms with Gasteiger partial charge in [-0.15, -0.1) is 0 Å². The van der Waals surface area contributed by atoms with Crippen molar-refractivity contribution < 1.29 is 66.8 Å². The first-order valence-electron chi connectivity index (χ1n) is 27.5. The molecule has 3 aromatic heterocycles. The number of ketones is 1. The summed E-state index contributed by atoms with van der Waals surface area (Å²) in [5.41, 5.74) is 10.6. The molecule has 3 heterocycles. The van der Waals surface area contributed by atoms with E-state index in [9.17, 15) is 27.6 Å². The topological polar surface area (TPSA) is 170 Å². The van der Waals surface area contributed by atoms with E-state index in [1.54, 1.807) is 48.8 Å². The van der Waals surface area contributed by atoms with Gasteiger partial charge in [-0.2, -0.15) is 0 Å². The minimum Gasteiger partial charge on any atom is -0.870 e. The fourth-order valence-electron chi connectivity index (χ4n) is 14.1. The van der Waals surface area contributed by atoms with E-state index in [2.05, 4.69) is 33.2 Å². The molecule has 10 nitrogen and oxygen atoms in total. The predicted molar refractivity (Wildman–Crippen MR) is 306 cm³/mol. The van der Waals surface area contributed by atoms with Gasteiger partial charge < -0.3 is 20.4 Å². The SMILES string of the molecule is CO.COC(=O)CC1C[C@@H]2CC(c3ccnc4ccc(F)cc34)=C[C@@H]2C1.O=C(Cc1ccc(Cl)cc1)C[C@@H]1C[C@@H]2CC(c3ccnc4ccc(F)cc34)=C[C@@H]2C1.O=C(O)CC1C[C@@H]2CC(c3ccnc4ccc(F)cc34)=C[C@@H]2C1.[Li+].[OH-]. The van der Waals surface area contributed by atoms with Gasteiger partial charge >= 0.3 is 30.8 Å². The number of allylic oxidation sites excluding steroid dienone is 6. The molecule has 9 atom stereocenters. The van der Waals surface area contributed by atoms with E-state index in [4.69, 9.17) is 26.6 Å². The summed E-state index contributed by atoms with van der Waals surface area (Å²) in [7, 11) is 2.45. The number of esters is 1. The number of hydrogen-bond donors (Lipinski definition) is 2. The second-order valence-electron chi connectivity index (χ2n) is 22.5. The summed E-state index contributed by atoms with van der Waals surface area (Å²) in [6, 6.07) is 27.8. The van der Waals surface area contributed by atoms with Crippen molar-refractivity contribution in [2.75, 3.05) is 14.2 Å². The van der Waals surface area contributed by atoms with Crippen molar-refractivity contribution >= 4 is 78.8 Å². The summed E-state index contributed by atoms with van der Waals surface area (Å²) in [5, 5.41) is 19.3. The third-order valence-electron chi connectivity index (χ3n) is 17.4. The van der Waals surface area contributed by atoms with E-state index in [-0.39, 0.29) is 54.2 Å². The minimum absolute atomic E-state index is 0. The van der Waals surface area contributed by atoms with Gasteiger partial charge in [-0.3, -0.25) is 29.3 Å². The average molecular weight is 1110 g/mol. The van der Waals surface area contributed by atoms with Crippen LogP contribution in [0.4, 0.5) is 13.2 Å². The summed E-state index contributed by atoms with van der Waals surface area (Å²) >= 11 is 5.92. The van der Waals surface area contributed by atoms with E-state index in [0.717, 1.165) is 120 Å². The van der Waals surface area contributed by atoms with Gasteiger partial charge in [0.05, 0.1) is 23.7 Å². The molecule has 2 unspecified atom stereocenters. The average Bonchev–Trinajstić information content (AvgIpc) is 4.47. The molecule has 4 aromatic carbocycles. The molecule has 81 heavy (non-hydrogen) atoms. The number of methoxy groups -OCH3 is 1. The van der Waals surface area contributed by atoms with Crippen molar-refractivity contribution in [3.63, 3.8) is 0 Å². The van der Waals surface area contributed by atoms with E-state index < -0.39 is 5.97 Å². The van der Waals surface area contributed by atoms with E-state index >= 15 is 0 Å². The first kappa shape index (κ1) is 60.6. The van der Waals surface area contributed by atoms with Gasteiger partial charge in [0, 0.05) is 72.6 Å². The molecule has 3 saturated carbocycles. The number of aliphatic carboxylic acids is 1. The van der Waals surface area contributed by atoms with Crippen LogP contribution in [0.3, 0.4) is 0 Å². The summed E-state index contributed by atoms with van der Waals surface area (Å²) in [6.07, 6.45) is 23.5. The Kier molecular flexibility index (Phi) is 20.3. The normalized spacial score (nSPS) is 23.6. The van der Waals surface area contributed by atoms with E-state index in [1.165, 1.54) is 42.0 Å². The van der Waals surface area contributed by atoms with Gasteiger partial charge in [0.15, 0.2) is 0 Å². The second kappa shape index (κ2) is 27.1. The van der Waals surface area contributed by atoms with Crippen LogP contribution in [0.5, 0.6) is 0 Å². The number of ether oxygens (including phenoxy) is 1. The smallest absolute Gasteiger partial charge is 0.870 e. The third kappa shape index (κ3) is 14.2. The molecule has 6 aliphatic carbocycles. The molecule has 13 rings (SSSR count). The summed E-state index contributed by atoms with van der Waals surface area (Å²) in [5.74, 6) is 3.20. The number of carbonyl (C=O) groups excluding carboxylic acids is 2. The molecule has 0 spiro atoms. The molecule has 7 aromatic rings. The van der Waals surface area contributed by atoms with Gasteiger partial charge in [0.25, 0.3) is 0 Å². The Labute approximate surface area is 487 Å². The number of halogens is 4. The molecular formula is C66H66ClF3LiN3O7. The third-order valence-corrected chi connectivity index (χ3v) is 17.6. The molecule has 0 aliphatic heterocycles. The van der Waals surface area contributed by atoms with Gasteiger partial charge in [0.1, 0.15) is 23.2 Å². The maximum Gasteiger partial charge on any atom is 1.00 e. The summed E-state index contributed by atoms with van der Waals surface area (Å²) in [6.45, 7) is 0. The minimum atomic E-state index is -0.699. The molecule has 3 N–H and O–H groups in total. The van der Waals surface area contributed by atoms with Gasteiger partial charge in [-0.25, -0.2) is 13.2 Å². The van der Waals surface area contributed by atoms with Crippen molar-refractivity contribution in [3.8, 4) is 0 Å². The fraction of sp³-hybridized carbons (Fsp3) is 0.364. The fourth-order valence-corrected chi connectivity index (χ4v) is 14.2. The number of aliphatic hydroxyl groups excluding tert-OH is 1. The van der Waals surface area contributed by atoms with Gasteiger partial charge in [0.2, 0.25) is 0 Å². The Morgan fingerprint density at radius 1 is 0.543 bits per heavy atom. The van der Waals surface area contributed by atoms with Crippen LogP contribution >= 0.6 is 11.6 Å². The molecule has 0 amide bonds. The van der Waals surface area contributed by atoms with Crippen molar-refractivity contribution in [1.82, 2.24) is 15.0 Å². The van der Waals surface area contributed by atoms with Crippen LogP contribution in [-0.4, -0.2) is 62.6 Å². The molecule has 0 saturated heterocycles. The largest absolute Gasteiger partial charge is 1.00 e. The predicted octanol–water partition coefficient (Wildman–Crippen LogP) is 11.7. The van der Waals surface area contributed by atoms with Crippen LogP contribution < -0.4 is 18.9 Å². The van der Waals surface area contributed by atoms with Crippen LogP contribution in [0, 0.1) is 70.7 Å². The number of hydrogen-bond acceptors (Lipinski definition) is 9. The number of carboxylic acids is 1. The molecule has 0 bridgehead atoms. The molecule has 0 radical (unpaired) electrons. The second-order valence-corrected chi connectivity index (χ2v) is 22.9. The number of Topliss-reactive ketones (excluding diaryl/α,β-unsaturated/α-hetero) is 1. The number of benzene rings is 4. The number of carboxylic acid groups (broad SMARTS) is 1. The first-order valence-corrected chi connectivity index (χ1v) is 27.9. The summed E-state index contributed by atoms with van der Waals surface area (Å²) < 4.78 is 45.8. The number of rotatable bonds is 11. The zero-order valence-electron chi connectivity index (χ0n) is 45.9. The maximum atomic E-state index is 13.8. The Bertz CT molecular complexity index is 3520. The Morgan fingerprint density at radius 3 is 1.27 bits per heavy atom. The quantitative estimate of drug-likeness (QED) is 0.0939. The first-order chi connectivity index (χ1) is 38.3. The monoisotopic (exact) mass is 1110 g/mol. The van der Waals surface area contributed by atoms with Crippen molar-refractivity contribution in [1.29, 1.82) is 0 Å². The molecular weight excluding hydrogens is 1050 g/mol. The zero-order chi connectivity index (χ0) is 55.3. The molecule has 15 heteroatoms. The van der Waals surface area contributed by atoms with Crippen molar-refractivity contribution in [3.05, 3.63) is 179 Å². The number of aromatic nitrogens is 3. The Hall–Kier alpha value is -6.46. The Balaban J connectivity index is 0.000000157. The van der Waals surface area contributed by atoms with Crippen molar-refractivity contribution in [2.45, 2.75) is 83.5 Å². The van der Waals surface area contributed by atoms with Crippen LogP contribution in [0.1, 0.15) is 99.3 Å². The number of nitrogens with zero attached hydrogens (tertiary/aromatic N) is 3. The number of aliphatic hydroxyl groups is 1. The number of pyridine rings is 3. The van der Waals surface area contributed by atoms with Gasteiger partial charge in [-0.1, -0.05) is 42.0 Å². The van der Waals surface area contributed by atoms with Crippen LogP contribution in [0.25, 0.3) is 49.4 Å². The number of fused-ring (bicyclic) bond motifs is 6. The molecule has 416 valence electrons. The van der Waals surface area contributed by atoms with E-state index in [0.29, 0.717) is 83.3 Å². The van der Waals surface area contributed by atoms with Crippen molar-refractivity contribution in [2.24, 2.45) is 53.3 Å². The Morgan fingerprint density at radius 2 is 0.914 bits per heavy atom. The molecule has 6 aliphatic rings. The standard InChI is InChI=1S/C26H23ClFNO.C20H20FNO2.C19H18FNO2.CH4O.Li.H2O/c27-21-3-1-16(2-4-21)11-23(30)12-17-9-18-13-20(14-19(18)10-17)24-7-8-29-26-6-5-22(28)15-25(24)26;1-24-20(23)8-12-6-13-9-15(10-14(13)7-12)17-4-5-22-19-3-2-16(21)11-18(17)19;20-15-1-2-18-17(10-15)16(3-4-21-18)14-8-12-5-11(7-19(22)23)6-13(12)9-14;1-2;;/h1-8,13,15,17-19H,9-12,14H2;2-5,9,11-14H,6-8,10H2,1H3;1-4,8,10-13H,5-7,9H2,(H,22,23);2H,1H3;;1H2/q;;;;+1;/p-1/t17-,18-,19+;12?,13-,14+;11?,12-,13+;;;/m000.../s1. The van der Waals surface area contributed by atoms with E-state index in [1.807, 2.05) is 48.7 Å². The zero-order valence-corrected chi connectivity index (χ0v) is 46.7.